The van der Waals surface area contributed by atoms with Gasteiger partial charge in [0.15, 0.2) is 5.96 Å². The minimum atomic E-state index is -0.442. The number of aliphatic imine (C=N–C) groups is 1. The lowest BCUT2D eigenvalue weighted by Gasteiger charge is -2.19. The van der Waals surface area contributed by atoms with E-state index in [1.807, 2.05) is 0 Å². The number of carbonyl (C=O) groups excluding carboxylic acids is 1. The van der Waals surface area contributed by atoms with Gasteiger partial charge in [-0.2, -0.15) is 0 Å². The molecule has 0 spiro atoms. The molecule has 0 bridgehead atoms. The number of nitrogens with one attached hydrogen (secondary N) is 1. The van der Waals surface area contributed by atoms with Crippen LogP contribution >= 0.6 is 0 Å². The van der Waals surface area contributed by atoms with Gasteiger partial charge < -0.3 is 15.8 Å². The molecule has 0 heterocycles. The zero-order valence-corrected chi connectivity index (χ0v) is 10.7. The van der Waals surface area contributed by atoms with Gasteiger partial charge in [0.05, 0.1) is 12.6 Å². The highest BCUT2D eigenvalue weighted by atomic mass is 16.5. The van der Waals surface area contributed by atoms with Crippen LogP contribution in [-0.2, 0) is 9.53 Å². The van der Waals surface area contributed by atoms with Crippen LogP contribution in [0.25, 0.3) is 0 Å². The Morgan fingerprint density at radius 1 is 1.47 bits per heavy atom. The summed E-state index contributed by atoms with van der Waals surface area (Å²) in [6.45, 7) is 3.88. The zero-order valence-electron chi connectivity index (χ0n) is 10.7. The number of guanidine groups is 1. The summed E-state index contributed by atoms with van der Waals surface area (Å²) in [7, 11) is 0. The molecule has 0 aromatic rings. The molecule has 98 valence electrons. The van der Waals surface area contributed by atoms with Gasteiger partial charge in [-0.25, -0.2) is 4.79 Å². The van der Waals surface area contributed by atoms with Gasteiger partial charge in [0, 0.05) is 0 Å². The van der Waals surface area contributed by atoms with E-state index in [2.05, 4.69) is 10.3 Å². The number of rotatable bonds is 4. The van der Waals surface area contributed by atoms with Crippen molar-refractivity contribution in [3.8, 4) is 0 Å². The number of carbonyl (C=O) groups is 1. The fraction of sp³-hybridized carbons (Fsp3) is 0.833. The highest BCUT2D eigenvalue weighted by molar-refractivity contribution is 5.85. The quantitative estimate of drug-likeness (QED) is 0.440. The number of ether oxygens (including phenoxy) is 1. The van der Waals surface area contributed by atoms with Gasteiger partial charge >= 0.3 is 5.97 Å². The standard InChI is InChI=1S/C12H23N3O2/c1-3-17-11(16)9(2)14-12(13)15-10-7-5-4-6-8-10/h9-10H,3-8H2,1-2H3,(H3,13,14,15). The zero-order chi connectivity index (χ0) is 12.7. The molecule has 1 fully saturated rings. The van der Waals surface area contributed by atoms with Gasteiger partial charge in [-0.3, -0.25) is 4.99 Å². The van der Waals surface area contributed by atoms with Crippen LogP contribution in [0, 0.1) is 0 Å². The minimum Gasteiger partial charge on any atom is -0.464 e. The predicted molar refractivity (Wildman–Crippen MR) is 67.7 cm³/mol. The van der Waals surface area contributed by atoms with Crippen LogP contribution in [-0.4, -0.2) is 30.6 Å². The number of nitrogens with two attached hydrogens (primary N) is 1. The third-order valence-corrected chi connectivity index (χ3v) is 2.90. The second-order valence-electron chi connectivity index (χ2n) is 4.42. The Morgan fingerprint density at radius 2 is 2.12 bits per heavy atom. The summed E-state index contributed by atoms with van der Waals surface area (Å²) in [5, 5.41) is 2.86. The number of hydrogen-bond acceptors (Lipinski definition) is 3. The Kier molecular flexibility index (Phi) is 5.80. The molecule has 1 aliphatic rings. The summed E-state index contributed by atoms with van der Waals surface area (Å²) in [6, 6.07) is -0.132. The monoisotopic (exact) mass is 241 g/mol. The van der Waals surface area contributed by atoms with Crippen LogP contribution in [0.1, 0.15) is 46.0 Å². The van der Waals surface area contributed by atoms with E-state index >= 15 is 0 Å². The summed E-state index contributed by atoms with van der Waals surface area (Å²) in [4.78, 5) is 15.8. The molecular formula is C12H23N3O2. The first-order valence-corrected chi connectivity index (χ1v) is 6.40. The highest BCUT2D eigenvalue weighted by Crippen LogP contribution is 2.19. The number of esters is 1. The molecule has 1 atom stereocenters. The molecule has 5 heteroatoms. The van der Waals surface area contributed by atoms with Crippen molar-refractivity contribution in [2.45, 2.75) is 58.0 Å². The fourth-order valence-corrected chi connectivity index (χ4v) is 1.99. The molecule has 17 heavy (non-hydrogen) atoms. The van der Waals surface area contributed by atoms with Gasteiger partial charge in [0.2, 0.25) is 0 Å². The number of hydrogen-bond donors (Lipinski definition) is 2. The van der Waals surface area contributed by atoms with Crippen molar-refractivity contribution in [3.05, 3.63) is 0 Å². The van der Waals surface area contributed by atoms with E-state index in [0.717, 1.165) is 12.8 Å². The van der Waals surface area contributed by atoms with E-state index in [1.54, 1.807) is 13.8 Å². The number of nitrogens with zero attached hydrogens (tertiary/aromatic N) is 1. The fourth-order valence-electron chi connectivity index (χ4n) is 1.99. The lowest BCUT2D eigenvalue weighted by atomic mass is 9.96. The second kappa shape index (κ2) is 7.14. The Balaban J connectivity index is 2.38. The third kappa shape index (κ3) is 5.06. The van der Waals surface area contributed by atoms with Crippen molar-refractivity contribution in [1.82, 2.24) is 5.32 Å². The van der Waals surface area contributed by atoms with E-state index in [0.29, 0.717) is 18.6 Å². The van der Waals surface area contributed by atoms with Crippen molar-refractivity contribution < 1.29 is 9.53 Å². The van der Waals surface area contributed by atoms with E-state index < -0.39 is 6.04 Å². The average Bonchev–Trinajstić information content (AvgIpc) is 2.30. The van der Waals surface area contributed by atoms with Gasteiger partial charge in [0.25, 0.3) is 0 Å². The summed E-state index contributed by atoms with van der Waals surface area (Å²) >= 11 is 0. The molecule has 0 radical (unpaired) electrons. The molecule has 1 saturated carbocycles. The molecule has 1 aliphatic carbocycles. The second-order valence-corrected chi connectivity index (χ2v) is 4.42. The van der Waals surface area contributed by atoms with E-state index in [1.165, 1.54) is 19.3 Å². The van der Waals surface area contributed by atoms with Crippen molar-refractivity contribution in [3.63, 3.8) is 0 Å². The molecule has 0 aromatic heterocycles. The highest BCUT2D eigenvalue weighted by Gasteiger charge is 2.16. The van der Waals surface area contributed by atoms with Crippen molar-refractivity contribution in [2.75, 3.05) is 6.61 Å². The van der Waals surface area contributed by atoms with Crippen LogP contribution in [0.3, 0.4) is 0 Å². The van der Waals surface area contributed by atoms with Crippen molar-refractivity contribution >= 4 is 11.9 Å². The molecule has 0 aliphatic heterocycles. The first-order valence-electron chi connectivity index (χ1n) is 6.40. The molecule has 0 aromatic carbocycles. The largest absolute Gasteiger partial charge is 0.464 e. The Labute approximate surface area is 103 Å². The van der Waals surface area contributed by atoms with E-state index in [9.17, 15) is 4.79 Å². The first-order chi connectivity index (χ1) is 8.13. The summed E-state index contributed by atoms with van der Waals surface area (Å²) in [6.07, 6.45) is 5.91. The summed E-state index contributed by atoms with van der Waals surface area (Å²) in [5.74, 6) is 0.0479. The molecule has 5 nitrogen and oxygen atoms in total. The normalized spacial score (nSPS) is 19.8. The molecule has 0 amide bonds. The van der Waals surface area contributed by atoms with Crippen LogP contribution in [0.4, 0.5) is 0 Å². The predicted octanol–water partition coefficient (Wildman–Crippen LogP) is 1.18. The maximum atomic E-state index is 11.4. The molecule has 1 unspecified atom stereocenters. The Bertz CT molecular complexity index is 273. The van der Waals surface area contributed by atoms with E-state index in [-0.39, 0.29) is 5.97 Å². The molecule has 3 N–H and O–H groups in total. The van der Waals surface area contributed by atoms with E-state index in [4.69, 9.17) is 10.5 Å². The topological polar surface area (TPSA) is 76.7 Å². The third-order valence-electron chi connectivity index (χ3n) is 2.90. The summed E-state index contributed by atoms with van der Waals surface area (Å²) < 4.78 is 4.88. The lowest BCUT2D eigenvalue weighted by Crippen LogP contribution is -2.44. The first kappa shape index (κ1) is 13.8. The molecule has 1 rings (SSSR count). The average molecular weight is 241 g/mol. The summed E-state index contributed by atoms with van der Waals surface area (Å²) in [5.41, 5.74) is 5.77. The Hall–Kier alpha value is -1.26. The van der Waals surface area contributed by atoms with Gasteiger partial charge in [-0.1, -0.05) is 19.3 Å². The lowest BCUT2D eigenvalue weighted by molar-refractivity contribution is -0.144. The van der Waals surface area contributed by atoms with Crippen LogP contribution in [0.2, 0.25) is 0 Å². The Morgan fingerprint density at radius 3 is 2.71 bits per heavy atom. The molecular weight excluding hydrogens is 218 g/mol. The van der Waals surface area contributed by atoms with Gasteiger partial charge in [-0.15, -0.1) is 0 Å². The molecule has 0 saturated heterocycles. The van der Waals surface area contributed by atoms with Gasteiger partial charge in [0.1, 0.15) is 6.04 Å². The van der Waals surface area contributed by atoms with Gasteiger partial charge in [-0.05, 0) is 26.7 Å². The van der Waals surface area contributed by atoms with Crippen molar-refractivity contribution in [2.24, 2.45) is 10.7 Å². The smallest absolute Gasteiger partial charge is 0.328 e. The minimum absolute atomic E-state index is 0.297. The van der Waals surface area contributed by atoms with Crippen LogP contribution in [0.15, 0.2) is 4.99 Å². The van der Waals surface area contributed by atoms with Crippen LogP contribution in [0.5, 0.6) is 0 Å². The SMILES string of the molecule is CCOC(=O)C(C)NC(N)=NC1CCCCC1. The maximum Gasteiger partial charge on any atom is 0.328 e. The van der Waals surface area contributed by atoms with Crippen molar-refractivity contribution in [1.29, 1.82) is 0 Å². The van der Waals surface area contributed by atoms with Crippen LogP contribution < -0.4 is 11.1 Å². The maximum absolute atomic E-state index is 11.4.